The minimum Gasteiger partial charge on any atom is -0.497 e. The van der Waals surface area contributed by atoms with Crippen LogP contribution in [0, 0.1) is 5.92 Å². The third kappa shape index (κ3) is 10.3. The van der Waals surface area contributed by atoms with Crippen LogP contribution in [0.5, 0.6) is 11.5 Å². The van der Waals surface area contributed by atoms with E-state index < -0.39 is 0 Å². The van der Waals surface area contributed by atoms with Crippen molar-refractivity contribution in [3.63, 3.8) is 0 Å². The number of hydrogen-bond donors (Lipinski definition) is 2. The highest BCUT2D eigenvalue weighted by atomic mass is 127. The highest BCUT2D eigenvalue weighted by Crippen LogP contribution is 2.16. The van der Waals surface area contributed by atoms with Crippen molar-refractivity contribution in [2.75, 3.05) is 33.9 Å². The lowest BCUT2D eigenvalue weighted by molar-refractivity contribution is 0.310. The van der Waals surface area contributed by atoms with E-state index in [-0.39, 0.29) is 24.0 Å². The maximum atomic E-state index is 5.68. The van der Waals surface area contributed by atoms with Gasteiger partial charge in [0.15, 0.2) is 5.96 Å². The molecule has 0 radical (unpaired) electrons. The SMILES string of the molecule is CN=C(NCCCOc1ccc(OC)cc1)NCCC(C)C.I. The number of methoxy groups -OCH3 is 1. The van der Waals surface area contributed by atoms with Crippen LogP contribution in [0.4, 0.5) is 0 Å². The van der Waals surface area contributed by atoms with Gasteiger partial charge >= 0.3 is 0 Å². The molecule has 23 heavy (non-hydrogen) atoms. The van der Waals surface area contributed by atoms with Gasteiger partial charge < -0.3 is 20.1 Å². The van der Waals surface area contributed by atoms with Crippen LogP contribution in [-0.2, 0) is 0 Å². The summed E-state index contributed by atoms with van der Waals surface area (Å²) in [4.78, 5) is 4.20. The van der Waals surface area contributed by atoms with E-state index in [1.54, 1.807) is 14.2 Å². The van der Waals surface area contributed by atoms with Crippen LogP contribution in [0.3, 0.4) is 0 Å². The van der Waals surface area contributed by atoms with Gasteiger partial charge in [0.1, 0.15) is 11.5 Å². The van der Waals surface area contributed by atoms with Crippen molar-refractivity contribution in [2.24, 2.45) is 10.9 Å². The van der Waals surface area contributed by atoms with Crippen molar-refractivity contribution in [2.45, 2.75) is 26.7 Å². The zero-order valence-corrected chi connectivity index (χ0v) is 16.9. The number of halogens is 1. The first-order chi connectivity index (χ1) is 10.7. The molecule has 0 atom stereocenters. The van der Waals surface area contributed by atoms with Gasteiger partial charge in [-0.1, -0.05) is 13.8 Å². The van der Waals surface area contributed by atoms with E-state index >= 15 is 0 Å². The van der Waals surface area contributed by atoms with Crippen molar-refractivity contribution in [3.8, 4) is 11.5 Å². The first kappa shape index (κ1) is 21.8. The highest BCUT2D eigenvalue weighted by Gasteiger charge is 1.99. The maximum Gasteiger partial charge on any atom is 0.190 e. The summed E-state index contributed by atoms with van der Waals surface area (Å²) in [6.07, 6.45) is 2.05. The molecule has 0 saturated carbocycles. The molecule has 1 rings (SSSR count). The van der Waals surface area contributed by atoms with Gasteiger partial charge in [0.05, 0.1) is 13.7 Å². The summed E-state index contributed by atoms with van der Waals surface area (Å²) in [5.74, 6) is 3.25. The van der Waals surface area contributed by atoms with Gasteiger partial charge in [-0.2, -0.15) is 0 Å². The quantitative estimate of drug-likeness (QED) is 0.271. The maximum absolute atomic E-state index is 5.68. The monoisotopic (exact) mass is 435 g/mol. The second-order valence-corrected chi connectivity index (χ2v) is 5.49. The standard InChI is InChI=1S/C17H29N3O2.HI/c1-14(2)10-12-20-17(18-3)19-11-5-13-22-16-8-6-15(21-4)7-9-16;/h6-9,14H,5,10-13H2,1-4H3,(H2,18,19,20);1H. The molecule has 1 aromatic rings. The van der Waals surface area contributed by atoms with Crippen molar-refractivity contribution in [1.29, 1.82) is 0 Å². The van der Waals surface area contributed by atoms with E-state index in [4.69, 9.17) is 9.47 Å². The average molecular weight is 435 g/mol. The molecular formula is C17H30IN3O2. The van der Waals surface area contributed by atoms with E-state index in [0.717, 1.165) is 43.4 Å². The van der Waals surface area contributed by atoms with E-state index in [2.05, 4.69) is 29.5 Å². The summed E-state index contributed by atoms with van der Waals surface area (Å²) in [7, 11) is 3.45. The number of nitrogens with one attached hydrogen (secondary N) is 2. The zero-order valence-electron chi connectivity index (χ0n) is 14.6. The lowest BCUT2D eigenvalue weighted by Gasteiger charge is -2.13. The Bertz CT molecular complexity index is 436. The molecule has 0 aliphatic heterocycles. The summed E-state index contributed by atoms with van der Waals surface area (Å²) in [6.45, 7) is 6.88. The van der Waals surface area contributed by atoms with Crippen LogP contribution in [0.25, 0.3) is 0 Å². The van der Waals surface area contributed by atoms with Crippen LogP contribution in [0.1, 0.15) is 26.7 Å². The first-order valence-corrected chi connectivity index (χ1v) is 7.87. The molecule has 0 spiro atoms. The van der Waals surface area contributed by atoms with Crippen molar-refractivity contribution < 1.29 is 9.47 Å². The molecule has 2 N–H and O–H groups in total. The number of guanidine groups is 1. The molecule has 132 valence electrons. The molecule has 0 aliphatic carbocycles. The molecule has 0 saturated heterocycles. The van der Waals surface area contributed by atoms with Gasteiger partial charge in [0, 0.05) is 20.1 Å². The second-order valence-electron chi connectivity index (χ2n) is 5.49. The summed E-state index contributed by atoms with van der Waals surface area (Å²) in [5.41, 5.74) is 0. The molecule has 0 fully saturated rings. The first-order valence-electron chi connectivity index (χ1n) is 7.87. The zero-order chi connectivity index (χ0) is 16.2. The Morgan fingerprint density at radius 2 is 1.70 bits per heavy atom. The highest BCUT2D eigenvalue weighted by molar-refractivity contribution is 14.0. The van der Waals surface area contributed by atoms with Crippen LogP contribution in [0.2, 0.25) is 0 Å². The van der Waals surface area contributed by atoms with Crippen molar-refractivity contribution >= 4 is 29.9 Å². The Morgan fingerprint density at radius 1 is 1.09 bits per heavy atom. The Hall–Kier alpha value is -1.18. The fourth-order valence-electron chi connectivity index (χ4n) is 1.84. The second kappa shape index (κ2) is 13.3. The molecule has 1 aromatic carbocycles. The number of rotatable bonds is 9. The lowest BCUT2D eigenvalue weighted by atomic mass is 10.1. The van der Waals surface area contributed by atoms with E-state index in [9.17, 15) is 0 Å². The normalized spacial score (nSPS) is 10.9. The fourth-order valence-corrected chi connectivity index (χ4v) is 1.84. The largest absolute Gasteiger partial charge is 0.497 e. The Labute approximate surface area is 157 Å². The minimum atomic E-state index is 0. The third-order valence-electron chi connectivity index (χ3n) is 3.18. The van der Waals surface area contributed by atoms with E-state index in [1.165, 1.54) is 0 Å². The van der Waals surface area contributed by atoms with Crippen molar-refractivity contribution in [3.05, 3.63) is 24.3 Å². The average Bonchev–Trinajstić information content (AvgIpc) is 2.53. The Kier molecular flexibility index (Phi) is 12.6. The molecule has 0 unspecified atom stereocenters. The molecule has 0 amide bonds. The predicted octanol–water partition coefficient (Wildman–Crippen LogP) is 3.29. The van der Waals surface area contributed by atoms with Gasteiger partial charge in [-0.15, -0.1) is 24.0 Å². The Morgan fingerprint density at radius 3 is 2.26 bits per heavy atom. The van der Waals surface area contributed by atoms with Gasteiger partial charge in [0.25, 0.3) is 0 Å². The summed E-state index contributed by atoms with van der Waals surface area (Å²) in [5, 5.41) is 6.59. The fraction of sp³-hybridized carbons (Fsp3) is 0.588. The summed E-state index contributed by atoms with van der Waals surface area (Å²) in [6, 6.07) is 7.62. The number of benzene rings is 1. The van der Waals surface area contributed by atoms with Crippen LogP contribution in [-0.4, -0.2) is 39.8 Å². The molecular weight excluding hydrogens is 405 g/mol. The molecule has 0 aromatic heterocycles. The molecule has 6 heteroatoms. The Balaban J connectivity index is 0.00000484. The summed E-state index contributed by atoms with van der Waals surface area (Å²) >= 11 is 0. The molecule has 0 aliphatic rings. The number of nitrogens with zero attached hydrogens (tertiary/aromatic N) is 1. The third-order valence-corrected chi connectivity index (χ3v) is 3.18. The number of aliphatic imine (C=N–C) groups is 1. The number of ether oxygens (including phenoxy) is 2. The van der Waals surface area contributed by atoms with Gasteiger partial charge in [0.2, 0.25) is 0 Å². The van der Waals surface area contributed by atoms with E-state index in [1.807, 2.05) is 24.3 Å². The van der Waals surface area contributed by atoms with Crippen molar-refractivity contribution in [1.82, 2.24) is 10.6 Å². The predicted molar refractivity (Wildman–Crippen MR) is 107 cm³/mol. The van der Waals surface area contributed by atoms with Crippen LogP contribution < -0.4 is 20.1 Å². The van der Waals surface area contributed by atoms with Gasteiger partial charge in [-0.05, 0) is 43.0 Å². The smallest absolute Gasteiger partial charge is 0.190 e. The molecule has 0 bridgehead atoms. The van der Waals surface area contributed by atoms with Gasteiger partial charge in [-0.25, -0.2) is 0 Å². The van der Waals surface area contributed by atoms with E-state index in [0.29, 0.717) is 12.5 Å². The van der Waals surface area contributed by atoms with Crippen LogP contribution >= 0.6 is 24.0 Å². The van der Waals surface area contributed by atoms with Gasteiger partial charge in [-0.3, -0.25) is 4.99 Å². The topological polar surface area (TPSA) is 54.9 Å². The van der Waals surface area contributed by atoms with Crippen LogP contribution in [0.15, 0.2) is 29.3 Å². The summed E-state index contributed by atoms with van der Waals surface area (Å²) < 4.78 is 10.8. The lowest BCUT2D eigenvalue weighted by Crippen LogP contribution is -2.38. The molecule has 5 nitrogen and oxygen atoms in total. The minimum absolute atomic E-state index is 0. The number of hydrogen-bond acceptors (Lipinski definition) is 3. The molecule has 0 heterocycles.